The first-order valence-corrected chi connectivity index (χ1v) is 5.85. The molecule has 0 rings (SSSR count). The molecule has 13 heavy (non-hydrogen) atoms. The number of rotatable bonds is 6. The number of amides is 1. The van der Waals surface area contributed by atoms with Gasteiger partial charge < -0.3 is 0 Å². The molecule has 0 saturated heterocycles. The highest BCUT2D eigenvalue weighted by Crippen LogP contribution is 2.14. The van der Waals surface area contributed by atoms with Crippen molar-refractivity contribution in [2.75, 3.05) is 11.5 Å². The van der Waals surface area contributed by atoms with Gasteiger partial charge in [-0.3, -0.25) is 10.2 Å². The van der Waals surface area contributed by atoms with E-state index in [2.05, 4.69) is 19.3 Å². The van der Waals surface area contributed by atoms with Crippen molar-refractivity contribution in [3.05, 3.63) is 0 Å². The van der Waals surface area contributed by atoms with Gasteiger partial charge in [-0.05, 0) is 11.7 Å². The van der Waals surface area contributed by atoms with E-state index in [4.69, 9.17) is 5.84 Å². The number of carbonyl (C=O) groups is 1. The van der Waals surface area contributed by atoms with Gasteiger partial charge in [-0.25, -0.2) is 5.84 Å². The van der Waals surface area contributed by atoms with Crippen LogP contribution in [0.25, 0.3) is 0 Å². The highest BCUT2D eigenvalue weighted by Gasteiger charge is 2.11. The molecule has 3 N–H and O–H groups in total. The van der Waals surface area contributed by atoms with Gasteiger partial charge in [0.2, 0.25) is 5.91 Å². The van der Waals surface area contributed by atoms with E-state index in [0.717, 1.165) is 17.4 Å². The average molecular weight is 204 g/mol. The summed E-state index contributed by atoms with van der Waals surface area (Å²) in [4.78, 5) is 11.0. The molecule has 0 bridgehead atoms. The maximum atomic E-state index is 11.0. The molecule has 0 aromatic rings. The Labute approximate surface area is 84.8 Å². The molecular formula is C9H20N2OS. The van der Waals surface area contributed by atoms with Crippen molar-refractivity contribution in [2.24, 2.45) is 17.7 Å². The molecule has 4 heteroatoms. The first-order chi connectivity index (χ1) is 6.11. The second-order valence-electron chi connectivity index (χ2n) is 3.46. The van der Waals surface area contributed by atoms with Crippen LogP contribution in [0.2, 0.25) is 0 Å². The summed E-state index contributed by atoms with van der Waals surface area (Å²) in [7, 11) is 0. The van der Waals surface area contributed by atoms with E-state index in [-0.39, 0.29) is 11.8 Å². The minimum Gasteiger partial charge on any atom is -0.294 e. The third-order valence-corrected chi connectivity index (χ3v) is 3.60. The van der Waals surface area contributed by atoms with Gasteiger partial charge in [-0.15, -0.1) is 0 Å². The third kappa shape index (κ3) is 5.93. The van der Waals surface area contributed by atoms with E-state index in [1.807, 2.05) is 18.7 Å². The van der Waals surface area contributed by atoms with Crippen LogP contribution in [0, 0.1) is 11.8 Å². The molecule has 0 aliphatic heterocycles. The zero-order chi connectivity index (χ0) is 10.3. The average Bonchev–Trinajstić information content (AvgIpc) is 2.15. The predicted molar refractivity (Wildman–Crippen MR) is 58.3 cm³/mol. The Hall–Kier alpha value is -0.220. The molecule has 0 aliphatic carbocycles. The lowest BCUT2D eigenvalue weighted by Gasteiger charge is -2.11. The van der Waals surface area contributed by atoms with E-state index in [9.17, 15) is 4.79 Å². The number of carbonyl (C=O) groups excluding carboxylic acids is 1. The number of hydrogen-bond acceptors (Lipinski definition) is 3. The van der Waals surface area contributed by atoms with Crippen LogP contribution in [0.5, 0.6) is 0 Å². The molecule has 78 valence electrons. The highest BCUT2D eigenvalue weighted by molar-refractivity contribution is 7.99. The van der Waals surface area contributed by atoms with Crippen LogP contribution in [-0.4, -0.2) is 17.4 Å². The molecule has 0 spiro atoms. The molecule has 0 aliphatic rings. The van der Waals surface area contributed by atoms with Crippen molar-refractivity contribution in [1.82, 2.24) is 5.43 Å². The van der Waals surface area contributed by atoms with Gasteiger partial charge in [-0.2, -0.15) is 11.8 Å². The van der Waals surface area contributed by atoms with Gasteiger partial charge in [0, 0.05) is 11.7 Å². The van der Waals surface area contributed by atoms with E-state index in [0.29, 0.717) is 0 Å². The normalized spacial score (nSPS) is 15.1. The maximum absolute atomic E-state index is 11.0. The summed E-state index contributed by atoms with van der Waals surface area (Å²) in [5.41, 5.74) is 2.16. The number of hydrazine groups is 1. The largest absolute Gasteiger partial charge is 0.294 e. The predicted octanol–water partition coefficient (Wildman–Crippen LogP) is 1.39. The lowest BCUT2D eigenvalue weighted by molar-refractivity contribution is -0.123. The maximum Gasteiger partial charge on any atom is 0.237 e. The molecule has 0 radical (unpaired) electrons. The van der Waals surface area contributed by atoms with Crippen LogP contribution in [-0.2, 0) is 4.79 Å². The van der Waals surface area contributed by atoms with Crippen molar-refractivity contribution in [3.63, 3.8) is 0 Å². The van der Waals surface area contributed by atoms with Gasteiger partial charge >= 0.3 is 0 Å². The molecule has 0 aromatic carbocycles. The van der Waals surface area contributed by atoms with Gasteiger partial charge in [0.15, 0.2) is 0 Å². The quantitative estimate of drug-likeness (QED) is 0.390. The second kappa shape index (κ2) is 7.21. The molecule has 2 atom stereocenters. The monoisotopic (exact) mass is 204 g/mol. The lowest BCUT2D eigenvalue weighted by Crippen LogP contribution is -2.35. The Kier molecular flexibility index (Phi) is 7.09. The smallest absolute Gasteiger partial charge is 0.237 e. The van der Waals surface area contributed by atoms with Crippen molar-refractivity contribution < 1.29 is 4.79 Å². The molecule has 0 fully saturated rings. The van der Waals surface area contributed by atoms with Gasteiger partial charge in [0.1, 0.15) is 0 Å². The van der Waals surface area contributed by atoms with Gasteiger partial charge in [0.05, 0.1) is 0 Å². The molecule has 0 saturated carbocycles. The Morgan fingerprint density at radius 3 is 2.54 bits per heavy atom. The summed E-state index contributed by atoms with van der Waals surface area (Å²) in [6.07, 6.45) is 1.20. The number of thioether (sulfide) groups is 1. The third-order valence-electron chi connectivity index (χ3n) is 2.06. The molecule has 3 nitrogen and oxygen atoms in total. The van der Waals surface area contributed by atoms with E-state index >= 15 is 0 Å². The fourth-order valence-corrected chi connectivity index (χ4v) is 2.06. The van der Waals surface area contributed by atoms with Crippen LogP contribution in [0.1, 0.15) is 27.2 Å². The van der Waals surface area contributed by atoms with Gasteiger partial charge in [-0.1, -0.05) is 27.2 Å². The van der Waals surface area contributed by atoms with Crippen LogP contribution in [0.3, 0.4) is 0 Å². The summed E-state index contributed by atoms with van der Waals surface area (Å²) in [6.45, 7) is 6.30. The highest BCUT2D eigenvalue weighted by atomic mass is 32.2. The van der Waals surface area contributed by atoms with Gasteiger partial charge in [0.25, 0.3) is 0 Å². The van der Waals surface area contributed by atoms with E-state index in [1.54, 1.807) is 0 Å². The summed E-state index contributed by atoms with van der Waals surface area (Å²) in [6, 6.07) is 0. The number of hydrogen-bond donors (Lipinski definition) is 2. The van der Waals surface area contributed by atoms with E-state index in [1.165, 1.54) is 6.42 Å². The zero-order valence-corrected chi connectivity index (χ0v) is 9.49. The first kappa shape index (κ1) is 12.8. The SMILES string of the molecule is CCC(C)CSCC(C)C(=O)NN. The van der Waals surface area contributed by atoms with E-state index < -0.39 is 0 Å². The molecule has 0 aromatic heterocycles. The Morgan fingerprint density at radius 1 is 1.46 bits per heavy atom. The second-order valence-corrected chi connectivity index (χ2v) is 4.54. The van der Waals surface area contributed by atoms with Crippen molar-refractivity contribution in [3.8, 4) is 0 Å². The molecule has 0 heterocycles. The van der Waals surface area contributed by atoms with Crippen LogP contribution in [0.15, 0.2) is 0 Å². The summed E-state index contributed by atoms with van der Waals surface area (Å²) in [5, 5.41) is 0. The standard InChI is InChI=1S/C9H20N2OS/c1-4-7(2)5-13-6-8(3)9(12)11-10/h7-8H,4-6,10H2,1-3H3,(H,11,12). The Bertz CT molecular complexity index is 153. The van der Waals surface area contributed by atoms with Crippen molar-refractivity contribution in [1.29, 1.82) is 0 Å². The van der Waals surface area contributed by atoms with Crippen LogP contribution < -0.4 is 11.3 Å². The number of nitrogens with one attached hydrogen (secondary N) is 1. The number of nitrogens with two attached hydrogens (primary N) is 1. The summed E-state index contributed by atoms with van der Waals surface area (Å²) < 4.78 is 0. The van der Waals surface area contributed by atoms with Crippen LogP contribution in [0.4, 0.5) is 0 Å². The van der Waals surface area contributed by atoms with Crippen molar-refractivity contribution in [2.45, 2.75) is 27.2 Å². The molecular weight excluding hydrogens is 184 g/mol. The fraction of sp³-hybridized carbons (Fsp3) is 0.889. The molecule has 2 unspecified atom stereocenters. The zero-order valence-electron chi connectivity index (χ0n) is 8.67. The Balaban J connectivity index is 3.47. The summed E-state index contributed by atoms with van der Waals surface area (Å²) >= 11 is 1.82. The van der Waals surface area contributed by atoms with Crippen molar-refractivity contribution >= 4 is 17.7 Å². The Morgan fingerprint density at radius 2 is 2.08 bits per heavy atom. The minimum absolute atomic E-state index is 0.0130. The van der Waals surface area contributed by atoms with Crippen LogP contribution >= 0.6 is 11.8 Å². The fourth-order valence-electron chi connectivity index (χ4n) is 0.782. The molecule has 1 amide bonds. The topological polar surface area (TPSA) is 55.1 Å². The lowest BCUT2D eigenvalue weighted by atomic mass is 10.2. The summed E-state index contributed by atoms with van der Waals surface area (Å²) in [5.74, 6) is 7.67. The first-order valence-electron chi connectivity index (χ1n) is 4.70. The minimum atomic E-state index is -0.0725.